The maximum Gasteiger partial charge on any atom is 0.250 e. The van der Waals surface area contributed by atoms with Crippen LogP contribution in [0.15, 0.2) is 36.7 Å². The monoisotopic (exact) mass is 309 g/mol. The van der Waals surface area contributed by atoms with E-state index >= 15 is 0 Å². The van der Waals surface area contributed by atoms with E-state index in [9.17, 15) is 0 Å². The van der Waals surface area contributed by atoms with Crippen molar-refractivity contribution in [3.8, 4) is 5.75 Å². The van der Waals surface area contributed by atoms with Crippen LogP contribution in [0.25, 0.3) is 4.85 Å². The van der Waals surface area contributed by atoms with Crippen molar-refractivity contribution in [3.63, 3.8) is 0 Å². The fourth-order valence-electron chi connectivity index (χ4n) is 2.81. The fourth-order valence-corrected chi connectivity index (χ4v) is 2.81. The number of nitrogen functional groups attached to an aromatic ring is 1. The van der Waals surface area contributed by atoms with Crippen molar-refractivity contribution in [2.24, 2.45) is 0 Å². The first-order valence-electron chi connectivity index (χ1n) is 7.72. The first-order chi connectivity index (χ1) is 11.3. The van der Waals surface area contributed by atoms with Crippen LogP contribution in [0.3, 0.4) is 0 Å². The molecular formula is C17H19N5O. The number of benzene rings is 1. The molecule has 1 aliphatic carbocycles. The Morgan fingerprint density at radius 1 is 1.13 bits per heavy atom. The summed E-state index contributed by atoms with van der Waals surface area (Å²) in [4.78, 5) is 11.9. The van der Waals surface area contributed by atoms with E-state index in [-0.39, 0.29) is 6.10 Å². The van der Waals surface area contributed by atoms with Gasteiger partial charge in [0.25, 0.3) is 0 Å². The lowest BCUT2D eigenvalue weighted by molar-refractivity contribution is 0.151. The molecule has 6 nitrogen and oxygen atoms in total. The molecule has 1 saturated carbocycles. The molecule has 3 N–H and O–H groups in total. The first kappa shape index (κ1) is 15.1. The molecule has 6 heteroatoms. The van der Waals surface area contributed by atoms with Crippen LogP contribution in [0.2, 0.25) is 0 Å². The molecule has 0 radical (unpaired) electrons. The van der Waals surface area contributed by atoms with Gasteiger partial charge in [0.1, 0.15) is 5.75 Å². The van der Waals surface area contributed by atoms with Crippen molar-refractivity contribution in [2.45, 2.75) is 37.8 Å². The molecule has 1 aliphatic rings. The van der Waals surface area contributed by atoms with Crippen molar-refractivity contribution in [1.82, 2.24) is 9.97 Å². The third kappa shape index (κ3) is 3.69. The molecule has 1 heterocycles. The number of nitrogens with one attached hydrogen (secondary N) is 1. The second kappa shape index (κ2) is 6.97. The second-order valence-electron chi connectivity index (χ2n) is 5.61. The molecule has 1 aromatic carbocycles. The Kier molecular flexibility index (Phi) is 4.57. The minimum absolute atomic E-state index is 0.118. The molecule has 0 aliphatic heterocycles. The lowest BCUT2D eigenvalue weighted by atomic mass is 9.93. The van der Waals surface area contributed by atoms with Gasteiger partial charge in [0, 0.05) is 24.1 Å². The number of nitrogens with two attached hydrogens (primary N) is 1. The quantitative estimate of drug-likeness (QED) is 0.668. The lowest BCUT2D eigenvalue weighted by Gasteiger charge is -2.30. The van der Waals surface area contributed by atoms with E-state index in [1.165, 1.54) is 0 Å². The maximum atomic E-state index is 7.24. The fraction of sp³-hybridized carbons (Fsp3) is 0.353. The van der Waals surface area contributed by atoms with E-state index in [0.717, 1.165) is 25.7 Å². The van der Waals surface area contributed by atoms with Gasteiger partial charge in [0.05, 0.1) is 12.7 Å². The zero-order valence-corrected chi connectivity index (χ0v) is 12.8. The Balaban J connectivity index is 1.56. The average molecular weight is 309 g/mol. The predicted octanol–water partition coefficient (Wildman–Crippen LogP) is 3.41. The predicted molar refractivity (Wildman–Crippen MR) is 89.4 cm³/mol. The zero-order chi connectivity index (χ0) is 16.1. The number of ether oxygens (including phenoxy) is 1. The van der Waals surface area contributed by atoms with Crippen LogP contribution in [-0.2, 0) is 0 Å². The van der Waals surface area contributed by atoms with Crippen molar-refractivity contribution in [3.05, 3.63) is 48.1 Å². The van der Waals surface area contributed by atoms with Gasteiger partial charge in [-0.15, -0.1) is 0 Å². The van der Waals surface area contributed by atoms with Gasteiger partial charge in [-0.25, -0.2) is 14.8 Å². The van der Waals surface area contributed by atoms with E-state index in [0.29, 0.717) is 29.1 Å². The Hall–Kier alpha value is -2.81. The Labute approximate surface area is 135 Å². The van der Waals surface area contributed by atoms with Crippen LogP contribution in [0.1, 0.15) is 25.7 Å². The van der Waals surface area contributed by atoms with E-state index in [4.69, 9.17) is 17.0 Å². The number of nitrogens with zero attached hydrogens (tertiary/aromatic N) is 3. The maximum absolute atomic E-state index is 7.24. The van der Waals surface area contributed by atoms with Crippen LogP contribution in [0.4, 0.5) is 17.3 Å². The lowest BCUT2D eigenvalue weighted by Crippen LogP contribution is -2.31. The highest BCUT2D eigenvalue weighted by Gasteiger charge is 2.23. The summed E-state index contributed by atoms with van der Waals surface area (Å²) < 4.78 is 6.00. The number of anilines is 2. The molecule has 2 aromatic rings. The molecule has 0 atom stereocenters. The van der Waals surface area contributed by atoms with Crippen molar-refractivity contribution in [1.29, 1.82) is 0 Å². The number of hydrogen-bond donors (Lipinski definition) is 2. The first-order valence-corrected chi connectivity index (χ1v) is 7.72. The Morgan fingerprint density at radius 3 is 2.57 bits per heavy atom. The SMILES string of the molecule is [C-]#[N+]c1c(N)cccc1OC1CCC(Nc2ncccn2)CC1. The molecule has 118 valence electrons. The summed E-state index contributed by atoms with van der Waals surface area (Å²) >= 11 is 0. The Morgan fingerprint density at radius 2 is 1.87 bits per heavy atom. The molecule has 0 saturated heterocycles. The molecule has 1 fully saturated rings. The third-order valence-corrected chi connectivity index (χ3v) is 4.01. The van der Waals surface area contributed by atoms with Gasteiger partial charge >= 0.3 is 0 Å². The van der Waals surface area contributed by atoms with Gasteiger partial charge in [-0.3, -0.25) is 0 Å². The highest BCUT2D eigenvalue weighted by molar-refractivity contribution is 5.74. The number of hydrogen-bond acceptors (Lipinski definition) is 5. The minimum Gasteiger partial charge on any atom is -0.501 e. The summed E-state index contributed by atoms with van der Waals surface area (Å²) in [6, 6.07) is 7.51. The summed E-state index contributed by atoms with van der Waals surface area (Å²) in [5.41, 5.74) is 6.70. The normalized spacial score (nSPS) is 20.5. The number of para-hydroxylation sites is 1. The molecule has 0 amide bonds. The van der Waals surface area contributed by atoms with Crippen molar-refractivity contribution in [2.75, 3.05) is 11.1 Å². The summed E-state index contributed by atoms with van der Waals surface area (Å²) in [5.74, 6) is 1.26. The van der Waals surface area contributed by atoms with Crippen LogP contribution >= 0.6 is 0 Å². The average Bonchev–Trinajstić information content (AvgIpc) is 2.58. The minimum atomic E-state index is 0.118. The van der Waals surface area contributed by atoms with Gasteiger partial charge < -0.3 is 15.8 Å². The van der Waals surface area contributed by atoms with Crippen LogP contribution in [0.5, 0.6) is 5.75 Å². The Bertz CT molecular complexity index is 690. The molecule has 23 heavy (non-hydrogen) atoms. The van der Waals surface area contributed by atoms with E-state index < -0.39 is 0 Å². The summed E-state index contributed by atoms with van der Waals surface area (Å²) in [6.07, 6.45) is 7.41. The second-order valence-corrected chi connectivity index (χ2v) is 5.61. The largest absolute Gasteiger partial charge is 0.501 e. The molecule has 0 spiro atoms. The van der Waals surface area contributed by atoms with E-state index in [1.807, 2.05) is 12.1 Å². The third-order valence-electron chi connectivity index (χ3n) is 4.01. The van der Waals surface area contributed by atoms with Gasteiger partial charge in [-0.05, 0) is 43.9 Å². The zero-order valence-electron chi connectivity index (χ0n) is 12.8. The van der Waals surface area contributed by atoms with Gasteiger partial charge in [-0.2, -0.15) is 0 Å². The highest BCUT2D eigenvalue weighted by atomic mass is 16.5. The molecule has 0 unspecified atom stereocenters. The van der Waals surface area contributed by atoms with Gasteiger partial charge in [0.2, 0.25) is 11.6 Å². The topological polar surface area (TPSA) is 77.4 Å². The van der Waals surface area contributed by atoms with E-state index in [2.05, 4.69) is 20.1 Å². The molecular weight excluding hydrogens is 290 g/mol. The molecule has 0 bridgehead atoms. The van der Waals surface area contributed by atoms with Crippen LogP contribution in [0, 0.1) is 6.57 Å². The van der Waals surface area contributed by atoms with Crippen LogP contribution < -0.4 is 15.8 Å². The molecule has 3 rings (SSSR count). The smallest absolute Gasteiger partial charge is 0.250 e. The van der Waals surface area contributed by atoms with Gasteiger partial charge in [0.15, 0.2) is 0 Å². The van der Waals surface area contributed by atoms with Crippen molar-refractivity contribution < 1.29 is 4.74 Å². The molecule has 1 aromatic heterocycles. The number of aromatic nitrogens is 2. The summed E-state index contributed by atoms with van der Waals surface area (Å²) in [7, 11) is 0. The standard InChI is InChI=1S/C17H19N5O/c1-19-16-14(18)4-2-5-15(16)23-13-8-6-12(7-9-13)22-17-20-10-3-11-21-17/h2-5,10-13H,6-9,18H2,(H,20,21,22). The summed E-state index contributed by atoms with van der Waals surface area (Å²) in [6.45, 7) is 7.24. The number of rotatable bonds is 4. The van der Waals surface area contributed by atoms with E-state index in [1.54, 1.807) is 24.5 Å². The van der Waals surface area contributed by atoms with Crippen LogP contribution in [-0.4, -0.2) is 22.1 Å². The summed E-state index contributed by atoms with van der Waals surface area (Å²) in [5, 5.41) is 3.35. The van der Waals surface area contributed by atoms with Gasteiger partial charge in [-0.1, -0.05) is 6.07 Å². The van der Waals surface area contributed by atoms with Crippen molar-refractivity contribution >= 4 is 17.3 Å². The highest BCUT2D eigenvalue weighted by Crippen LogP contribution is 2.36.